The molecule has 3 N–H and O–H groups in total. The summed E-state index contributed by atoms with van der Waals surface area (Å²) < 4.78 is 25.4. The second-order valence-corrected chi connectivity index (χ2v) is 5.61. The fourth-order valence-electron chi connectivity index (χ4n) is 0.731. The van der Waals surface area contributed by atoms with Gasteiger partial charge in [0.25, 0.3) is 10.0 Å². The molecule has 1 rings (SSSR count). The summed E-state index contributed by atoms with van der Waals surface area (Å²) in [7, 11) is -3.38. The SMILES string of the molecule is Cc1ncc(S(=O)(=O)NCCN)s1.Cl. The van der Waals surface area contributed by atoms with Gasteiger partial charge in [-0.3, -0.25) is 0 Å². The Bertz CT molecular complexity index is 376. The molecule has 0 amide bonds. The number of sulfonamides is 1. The lowest BCUT2D eigenvalue weighted by Gasteiger charge is -2.00. The monoisotopic (exact) mass is 257 g/mol. The van der Waals surface area contributed by atoms with E-state index in [4.69, 9.17) is 5.73 Å². The van der Waals surface area contributed by atoms with Crippen LogP contribution in [0.2, 0.25) is 0 Å². The zero-order valence-electron chi connectivity index (χ0n) is 7.56. The molecular formula is C6H12ClN3O2S2. The molecule has 0 saturated heterocycles. The molecule has 0 saturated carbocycles. The minimum absolute atomic E-state index is 0. The van der Waals surface area contributed by atoms with Crippen molar-refractivity contribution in [2.45, 2.75) is 11.1 Å². The molecular weight excluding hydrogens is 246 g/mol. The third-order valence-corrected chi connectivity index (χ3v) is 4.14. The average molecular weight is 258 g/mol. The summed E-state index contributed by atoms with van der Waals surface area (Å²) in [6, 6.07) is 0. The van der Waals surface area contributed by atoms with Crippen LogP contribution in [0.25, 0.3) is 0 Å². The number of nitrogens with zero attached hydrogens (tertiary/aromatic N) is 1. The van der Waals surface area contributed by atoms with E-state index in [1.54, 1.807) is 6.92 Å². The van der Waals surface area contributed by atoms with E-state index in [1.165, 1.54) is 6.20 Å². The van der Waals surface area contributed by atoms with Crippen molar-refractivity contribution in [2.24, 2.45) is 5.73 Å². The molecule has 0 unspecified atom stereocenters. The van der Waals surface area contributed by atoms with E-state index >= 15 is 0 Å². The minimum Gasteiger partial charge on any atom is -0.329 e. The summed E-state index contributed by atoms with van der Waals surface area (Å²) in [4.78, 5) is 3.86. The quantitative estimate of drug-likeness (QED) is 0.802. The highest BCUT2D eigenvalue weighted by atomic mass is 35.5. The first-order chi connectivity index (χ1) is 6.06. The van der Waals surface area contributed by atoms with Gasteiger partial charge in [-0.05, 0) is 6.92 Å². The van der Waals surface area contributed by atoms with Crippen molar-refractivity contribution in [3.05, 3.63) is 11.2 Å². The van der Waals surface area contributed by atoms with Gasteiger partial charge in [-0.15, -0.1) is 23.7 Å². The van der Waals surface area contributed by atoms with Crippen molar-refractivity contribution in [3.63, 3.8) is 0 Å². The van der Waals surface area contributed by atoms with Crippen LogP contribution in [-0.4, -0.2) is 26.5 Å². The van der Waals surface area contributed by atoms with Gasteiger partial charge in [-0.25, -0.2) is 18.1 Å². The average Bonchev–Trinajstić information content (AvgIpc) is 2.49. The van der Waals surface area contributed by atoms with Gasteiger partial charge in [-0.2, -0.15) is 0 Å². The molecule has 0 aliphatic heterocycles. The number of nitrogens with one attached hydrogen (secondary N) is 1. The second kappa shape index (κ2) is 5.62. The Labute approximate surface area is 93.2 Å². The molecule has 0 atom stereocenters. The molecule has 1 aromatic heterocycles. The standard InChI is InChI=1S/C6H11N3O2S2.ClH/c1-5-8-4-6(12-5)13(10,11)9-3-2-7;/h4,9H,2-3,7H2,1H3;1H. The summed E-state index contributed by atoms with van der Waals surface area (Å²) in [6.45, 7) is 2.29. The topological polar surface area (TPSA) is 85.1 Å². The maximum absolute atomic E-state index is 11.4. The Kier molecular flexibility index (Phi) is 5.53. The van der Waals surface area contributed by atoms with Crippen molar-refractivity contribution in [1.82, 2.24) is 9.71 Å². The summed E-state index contributed by atoms with van der Waals surface area (Å²) in [5.41, 5.74) is 5.18. The normalized spacial score (nSPS) is 11.0. The highest BCUT2D eigenvalue weighted by Gasteiger charge is 2.15. The zero-order valence-corrected chi connectivity index (χ0v) is 10.0. The van der Waals surface area contributed by atoms with Crippen LogP contribution in [-0.2, 0) is 10.0 Å². The lowest BCUT2D eigenvalue weighted by atomic mass is 10.7. The molecule has 14 heavy (non-hydrogen) atoms. The third-order valence-electron chi connectivity index (χ3n) is 1.30. The van der Waals surface area contributed by atoms with Gasteiger partial charge >= 0.3 is 0 Å². The first kappa shape index (κ1) is 13.8. The van der Waals surface area contributed by atoms with E-state index in [1.807, 2.05) is 0 Å². The van der Waals surface area contributed by atoms with Crippen LogP contribution in [0.5, 0.6) is 0 Å². The molecule has 0 aliphatic rings. The van der Waals surface area contributed by atoms with Crippen molar-refractivity contribution < 1.29 is 8.42 Å². The highest BCUT2D eigenvalue weighted by molar-refractivity contribution is 7.91. The van der Waals surface area contributed by atoms with Gasteiger partial charge in [0.1, 0.15) is 0 Å². The lowest BCUT2D eigenvalue weighted by molar-refractivity contribution is 0.584. The maximum atomic E-state index is 11.4. The summed E-state index contributed by atoms with van der Waals surface area (Å²) in [5.74, 6) is 0. The van der Waals surface area contributed by atoms with Crippen molar-refractivity contribution >= 4 is 33.8 Å². The second-order valence-electron chi connectivity index (χ2n) is 2.38. The Hall–Kier alpha value is -0.210. The number of aryl methyl sites for hydroxylation is 1. The third kappa shape index (κ3) is 3.50. The van der Waals surface area contributed by atoms with Gasteiger partial charge in [-0.1, -0.05) is 0 Å². The predicted molar refractivity (Wildman–Crippen MR) is 58.3 cm³/mol. The van der Waals surface area contributed by atoms with Crippen LogP contribution in [0.3, 0.4) is 0 Å². The molecule has 5 nitrogen and oxygen atoms in total. The van der Waals surface area contributed by atoms with Gasteiger partial charge < -0.3 is 5.73 Å². The summed E-state index contributed by atoms with van der Waals surface area (Å²) in [5, 5.41) is 0.730. The summed E-state index contributed by atoms with van der Waals surface area (Å²) in [6.07, 6.45) is 1.35. The highest BCUT2D eigenvalue weighted by Crippen LogP contribution is 2.16. The van der Waals surface area contributed by atoms with Gasteiger partial charge in [0, 0.05) is 13.1 Å². The smallest absolute Gasteiger partial charge is 0.251 e. The van der Waals surface area contributed by atoms with E-state index < -0.39 is 10.0 Å². The Balaban J connectivity index is 0.00000169. The molecule has 1 aromatic rings. The Morgan fingerprint density at radius 3 is 2.71 bits per heavy atom. The van der Waals surface area contributed by atoms with Crippen LogP contribution in [0, 0.1) is 6.92 Å². The molecule has 82 valence electrons. The van der Waals surface area contributed by atoms with Crippen LogP contribution in [0.4, 0.5) is 0 Å². The van der Waals surface area contributed by atoms with Crippen LogP contribution in [0.15, 0.2) is 10.4 Å². The number of hydrogen-bond donors (Lipinski definition) is 2. The molecule has 0 bridgehead atoms. The Morgan fingerprint density at radius 1 is 1.64 bits per heavy atom. The molecule has 0 spiro atoms. The van der Waals surface area contributed by atoms with Crippen LogP contribution >= 0.6 is 23.7 Å². The van der Waals surface area contributed by atoms with Crippen molar-refractivity contribution in [1.29, 1.82) is 0 Å². The predicted octanol–water partition coefficient (Wildman–Crippen LogP) is 0.110. The summed E-state index contributed by atoms with van der Waals surface area (Å²) >= 11 is 1.14. The van der Waals surface area contributed by atoms with Gasteiger partial charge in [0.15, 0.2) is 4.21 Å². The van der Waals surface area contributed by atoms with E-state index in [0.717, 1.165) is 16.3 Å². The molecule has 1 heterocycles. The minimum atomic E-state index is -3.38. The maximum Gasteiger partial charge on any atom is 0.251 e. The molecule has 0 aliphatic carbocycles. The van der Waals surface area contributed by atoms with Gasteiger partial charge in [0.2, 0.25) is 0 Å². The number of aromatic nitrogens is 1. The molecule has 8 heteroatoms. The van der Waals surface area contributed by atoms with Gasteiger partial charge in [0.05, 0.1) is 11.2 Å². The molecule has 0 radical (unpaired) electrons. The van der Waals surface area contributed by atoms with E-state index in [-0.39, 0.29) is 29.7 Å². The van der Waals surface area contributed by atoms with Crippen LogP contribution < -0.4 is 10.5 Å². The fourth-order valence-corrected chi connectivity index (χ4v) is 2.93. The first-order valence-corrected chi connectivity index (χ1v) is 5.98. The molecule has 0 aromatic carbocycles. The largest absolute Gasteiger partial charge is 0.329 e. The molecule has 0 fully saturated rings. The lowest BCUT2D eigenvalue weighted by Crippen LogP contribution is -2.28. The van der Waals surface area contributed by atoms with E-state index in [9.17, 15) is 8.42 Å². The van der Waals surface area contributed by atoms with E-state index in [2.05, 4.69) is 9.71 Å². The number of halogens is 1. The zero-order chi connectivity index (χ0) is 9.90. The fraction of sp³-hybridized carbons (Fsp3) is 0.500. The number of rotatable bonds is 4. The van der Waals surface area contributed by atoms with Crippen LogP contribution in [0.1, 0.15) is 5.01 Å². The Morgan fingerprint density at radius 2 is 2.29 bits per heavy atom. The number of nitrogens with two attached hydrogens (primary N) is 1. The van der Waals surface area contributed by atoms with Crippen molar-refractivity contribution in [3.8, 4) is 0 Å². The van der Waals surface area contributed by atoms with E-state index in [0.29, 0.717) is 0 Å². The first-order valence-electron chi connectivity index (χ1n) is 3.68. The number of thiazole rings is 1. The number of hydrogen-bond acceptors (Lipinski definition) is 5. The van der Waals surface area contributed by atoms with Crippen molar-refractivity contribution in [2.75, 3.05) is 13.1 Å².